The van der Waals surface area contributed by atoms with Crippen LogP contribution in [-0.2, 0) is 10.2 Å². The van der Waals surface area contributed by atoms with E-state index in [1.165, 1.54) is 44.5 Å². The van der Waals surface area contributed by atoms with Crippen LogP contribution in [0.4, 0.5) is 0 Å². The van der Waals surface area contributed by atoms with Crippen molar-refractivity contribution in [2.45, 2.75) is 59.3 Å². The Balaban J connectivity index is 2.08. The number of halogens is 1. The maximum absolute atomic E-state index is 13.2. The second-order valence-electron chi connectivity index (χ2n) is 9.15. The first-order valence-corrected chi connectivity index (χ1v) is 11.0. The van der Waals surface area contributed by atoms with E-state index in [0.29, 0.717) is 17.2 Å². The van der Waals surface area contributed by atoms with Gasteiger partial charge in [-0.1, -0.05) is 59.1 Å². The highest BCUT2D eigenvalue weighted by Gasteiger charge is 2.58. The van der Waals surface area contributed by atoms with Crippen LogP contribution in [0.25, 0.3) is 0 Å². The summed E-state index contributed by atoms with van der Waals surface area (Å²) in [6, 6.07) is 16.9. The summed E-state index contributed by atoms with van der Waals surface area (Å²) in [7, 11) is 0. The summed E-state index contributed by atoms with van der Waals surface area (Å²) in [4.78, 5) is 13.2. The zero-order chi connectivity index (χ0) is 21.8. The molecule has 0 aromatic heterocycles. The van der Waals surface area contributed by atoms with E-state index in [2.05, 4.69) is 65.8 Å². The van der Waals surface area contributed by atoms with Gasteiger partial charge in [-0.15, -0.1) is 0 Å². The Hall–Kier alpha value is -2.38. The SMILES string of the molecule is Cc1cc(C)c(C2(c3c(C)cc(C)cc3C)CC(=O)C2c2ccc(Cl)cc2)c(C)c1. The molecule has 0 amide bonds. The molecular weight excluding hydrogens is 388 g/mol. The second kappa shape index (κ2) is 7.39. The van der Waals surface area contributed by atoms with E-state index in [1.54, 1.807) is 0 Å². The molecule has 0 bridgehead atoms. The molecule has 1 aliphatic carbocycles. The van der Waals surface area contributed by atoms with Gasteiger partial charge in [-0.2, -0.15) is 0 Å². The van der Waals surface area contributed by atoms with Gasteiger partial charge < -0.3 is 0 Å². The van der Waals surface area contributed by atoms with Crippen molar-refractivity contribution in [2.75, 3.05) is 0 Å². The molecule has 0 radical (unpaired) electrons. The van der Waals surface area contributed by atoms with Crippen LogP contribution >= 0.6 is 11.6 Å². The minimum atomic E-state index is -0.353. The molecule has 0 saturated heterocycles. The molecule has 1 unspecified atom stereocenters. The van der Waals surface area contributed by atoms with Crippen molar-refractivity contribution in [2.24, 2.45) is 0 Å². The third-order valence-electron chi connectivity index (χ3n) is 6.72. The molecule has 2 heteroatoms. The van der Waals surface area contributed by atoms with E-state index in [1.807, 2.05) is 24.3 Å². The van der Waals surface area contributed by atoms with E-state index in [-0.39, 0.29) is 11.3 Å². The number of aryl methyl sites for hydroxylation is 6. The summed E-state index contributed by atoms with van der Waals surface area (Å²) in [5, 5.41) is 0.696. The topological polar surface area (TPSA) is 17.1 Å². The fraction of sp³-hybridized carbons (Fsp3) is 0.321. The molecule has 1 fully saturated rings. The third kappa shape index (κ3) is 3.11. The number of hydrogen-bond acceptors (Lipinski definition) is 1. The summed E-state index contributed by atoms with van der Waals surface area (Å²) in [5.41, 5.74) is 10.9. The third-order valence-corrected chi connectivity index (χ3v) is 6.97. The fourth-order valence-corrected chi connectivity index (χ4v) is 6.23. The molecule has 4 rings (SSSR count). The minimum absolute atomic E-state index is 0.199. The maximum atomic E-state index is 13.2. The van der Waals surface area contributed by atoms with Gasteiger partial charge in [0.15, 0.2) is 0 Å². The van der Waals surface area contributed by atoms with Crippen molar-refractivity contribution in [3.8, 4) is 0 Å². The zero-order valence-corrected chi connectivity index (χ0v) is 19.4. The van der Waals surface area contributed by atoms with Gasteiger partial charge in [0.05, 0.1) is 5.92 Å². The molecule has 3 aromatic rings. The van der Waals surface area contributed by atoms with Crippen molar-refractivity contribution in [1.29, 1.82) is 0 Å². The first kappa shape index (κ1) is 20.9. The number of carbonyl (C=O) groups is 1. The summed E-state index contributed by atoms with van der Waals surface area (Å²) >= 11 is 6.17. The smallest absolute Gasteiger partial charge is 0.142 e. The van der Waals surface area contributed by atoms with E-state index in [9.17, 15) is 4.79 Å². The van der Waals surface area contributed by atoms with Crippen LogP contribution in [-0.4, -0.2) is 5.78 Å². The molecule has 1 aliphatic rings. The quantitative estimate of drug-likeness (QED) is 0.440. The van der Waals surface area contributed by atoms with Crippen LogP contribution < -0.4 is 0 Å². The first-order valence-electron chi connectivity index (χ1n) is 10.6. The van der Waals surface area contributed by atoms with E-state index >= 15 is 0 Å². The Morgan fingerprint density at radius 1 is 0.733 bits per heavy atom. The predicted octanol–water partition coefficient (Wildman–Crippen LogP) is 7.23. The van der Waals surface area contributed by atoms with Crippen LogP contribution in [0.1, 0.15) is 62.4 Å². The molecule has 1 saturated carbocycles. The second-order valence-corrected chi connectivity index (χ2v) is 9.58. The lowest BCUT2D eigenvalue weighted by molar-refractivity contribution is -0.130. The van der Waals surface area contributed by atoms with Gasteiger partial charge in [0, 0.05) is 16.9 Å². The molecule has 3 aromatic carbocycles. The Bertz CT molecular complexity index is 1050. The van der Waals surface area contributed by atoms with Crippen molar-refractivity contribution in [3.63, 3.8) is 0 Å². The number of ketones is 1. The lowest BCUT2D eigenvalue weighted by Gasteiger charge is -2.52. The normalized spacial score (nSPS) is 17.7. The molecule has 1 nitrogen and oxygen atoms in total. The number of hydrogen-bond donors (Lipinski definition) is 0. The van der Waals surface area contributed by atoms with E-state index in [4.69, 9.17) is 11.6 Å². The van der Waals surface area contributed by atoms with Crippen LogP contribution in [0.5, 0.6) is 0 Å². The number of carbonyl (C=O) groups excluding carboxylic acids is 1. The average Bonchev–Trinajstić information content (AvgIpc) is 2.61. The molecular formula is C28H29ClO. The Labute approximate surface area is 185 Å². The molecule has 0 spiro atoms. The van der Waals surface area contributed by atoms with Crippen LogP contribution in [0, 0.1) is 41.5 Å². The van der Waals surface area contributed by atoms with E-state index in [0.717, 1.165) is 5.56 Å². The Morgan fingerprint density at radius 3 is 1.50 bits per heavy atom. The number of Topliss-reactive ketones (excluding diaryl/α,β-unsaturated/α-hetero) is 1. The lowest BCUT2D eigenvalue weighted by Crippen LogP contribution is -2.52. The van der Waals surface area contributed by atoms with Gasteiger partial charge in [0.2, 0.25) is 0 Å². The van der Waals surface area contributed by atoms with E-state index < -0.39 is 0 Å². The van der Waals surface area contributed by atoms with Gasteiger partial charge in [-0.05, 0) is 92.6 Å². The predicted molar refractivity (Wildman–Crippen MR) is 126 cm³/mol. The zero-order valence-electron chi connectivity index (χ0n) is 18.7. The molecule has 30 heavy (non-hydrogen) atoms. The molecule has 0 heterocycles. The summed E-state index contributed by atoms with van der Waals surface area (Å²) in [5.74, 6) is 0.103. The molecule has 1 atom stereocenters. The number of benzene rings is 3. The summed E-state index contributed by atoms with van der Waals surface area (Å²) < 4.78 is 0. The molecule has 0 aliphatic heterocycles. The average molecular weight is 417 g/mol. The lowest BCUT2D eigenvalue weighted by atomic mass is 9.48. The van der Waals surface area contributed by atoms with Crippen LogP contribution in [0.15, 0.2) is 48.5 Å². The Kier molecular flexibility index (Phi) is 5.14. The number of rotatable bonds is 3. The maximum Gasteiger partial charge on any atom is 0.142 e. The van der Waals surface area contributed by atoms with Gasteiger partial charge in [0.25, 0.3) is 0 Å². The van der Waals surface area contributed by atoms with Crippen LogP contribution in [0.2, 0.25) is 5.02 Å². The first-order chi connectivity index (χ1) is 14.1. The van der Waals surface area contributed by atoms with Gasteiger partial charge in [0.1, 0.15) is 5.78 Å². The van der Waals surface area contributed by atoms with Crippen molar-refractivity contribution in [1.82, 2.24) is 0 Å². The van der Waals surface area contributed by atoms with Crippen LogP contribution in [0.3, 0.4) is 0 Å². The van der Waals surface area contributed by atoms with Crippen molar-refractivity contribution in [3.05, 3.63) is 104 Å². The molecule has 0 N–H and O–H groups in total. The fourth-order valence-electron chi connectivity index (χ4n) is 6.11. The van der Waals surface area contributed by atoms with Crippen molar-refractivity contribution >= 4 is 17.4 Å². The highest BCUT2D eigenvalue weighted by atomic mass is 35.5. The summed E-state index contributed by atoms with van der Waals surface area (Å²) in [6.45, 7) is 13.0. The minimum Gasteiger partial charge on any atom is -0.299 e. The highest BCUT2D eigenvalue weighted by molar-refractivity contribution is 6.30. The molecule has 154 valence electrons. The summed E-state index contributed by atoms with van der Waals surface area (Å²) in [6.07, 6.45) is 0.537. The van der Waals surface area contributed by atoms with Gasteiger partial charge >= 0.3 is 0 Å². The Morgan fingerprint density at radius 2 is 1.13 bits per heavy atom. The standard InChI is InChI=1S/C28H29ClO/c1-16-11-18(3)25(19(4)12-16)28(26-20(5)13-17(2)14-21(26)6)15-24(30)27(28)22-7-9-23(29)10-8-22/h7-14,27H,15H2,1-6H3. The van der Waals surface area contributed by atoms with Gasteiger partial charge in [-0.25, -0.2) is 0 Å². The monoisotopic (exact) mass is 416 g/mol. The highest BCUT2D eigenvalue weighted by Crippen LogP contribution is 2.59. The van der Waals surface area contributed by atoms with Crippen molar-refractivity contribution < 1.29 is 4.79 Å². The largest absolute Gasteiger partial charge is 0.299 e. The van der Waals surface area contributed by atoms with Gasteiger partial charge in [-0.3, -0.25) is 4.79 Å².